The monoisotopic (exact) mass is 431 g/mol. The maximum Gasteiger partial charge on any atom is 0.433 e. The molecule has 2 aliphatic carbocycles. The molecule has 4 rings (SSSR count). The van der Waals surface area contributed by atoms with Crippen molar-refractivity contribution >= 4 is 0 Å². The number of nitrogens with zero attached hydrogens (tertiary/aromatic N) is 3. The Hall–Kier alpha value is -1.90. The summed E-state index contributed by atoms with van der Waals surface area (Å²) in [5.41, 5.74) is -1.38. The first-order valence-electron chi connectivity index (χ1n) is 10.1. The average Bonchev–Trinajstić information content (AvgIpc) is 3.26. The molecule has 2 fully saturated rings. The minimum absolute atomic E-state index is 0.0915. The van der Waals surface area contributed by atoms with Gasteiger partial charge in [-0.15, -0.1) is 0 Å². The Labute approximate surface area is 170 Å². The van der Waals surface area contributed by atoms with Gasteiger partial charge in [0.15, 0.2) is 0 Å². The van der Waals surface area contributed by atoms with Gasteiger partial charge in [0.1, 0.15) is 11.5 Å². The van der Waals surface area contributed by atoms with Crippen LogP contribution in [0.4, 0.5) is 26.3 Å². The molecule has 2 heterocycles. The fourth-order valence-corrected chi connectivity index (χ4v) is 4.93. The van der Waals surface area contributed by atoms with Crippen LogP contribution in [-0.2, 0) is 12.6 Å². The molecule has 0 radical (unpaired) electrons. The van der Waals surface area contributed by atoms with Gasteiger partial charge in [0.05, 0.1) is 5.57 Å². The first-order valence-corrected chi connectivity index (χ1v) is 10.1. The van der Waals surface area contributed by atoms with Gasteiger partial charge in [0.2, 0.25) is 0 Å². The minimum Gasteiger partial charge on any atom is -0.302 e. The van der Waals surface area contributed by atoms with Crippen LogP contribution >= 0.6 is 0 Å². The van der Waals surface area contributed by atoms with E-state index in [0.717, 1.165) is 44.7 Å². The number of fused-ring (bicyclic) bond motifs is 1. The molecule has 0 bridgehead atoms. The standard InChI is InChI=1S/C21H23F6N3/c22-20(23,24)15-6-4-14(5-7-15)19-11-16(19)12-30(13-19)10-2-1-3-18-28-9-8-17(29-18)21(25,26)27/h4,6-9,14,16H,1-3,5,10-13H2/t14?,16-,19+/m0/s1. The summed E-state index contributed by atoms with van der Waals surface area (Å²) in [6.07, 6.45) is 0.0486. The second-order valence-electron chi connectivity index (χ2n) is 8.54. The van der Waals surface area contributed by atoms with Gasteiger partial charge in [-0.2, -0.15) is 26.3 Å². The SMILES string of the molecule is FC(F)(F)C1=CCC([C@]23C[C@H]2CN(CCCCc2nccc(C(F)(F)F)n2)C3)C=C1. The van der Waals surface area contributed by atoms with Crippen LogP contribution in [0.1, 0.15) is 37.2 Å². The Balaban J connectivity index is 1.23. The van der Waals surface area contributed by atoms with Crippen LogP contribution < -0.4 is 0 Å². The van der Waals surface area contributed by atoms with E-state index in [1.165, 1.54) is 12.2 Å². The Kier molecular flexibility index (Phi) is 5.45. The number of unbranched alkanes of at least 4 members (excludes halogenated alkanes) is 1. The van der Waals surface area contributed by atoms with Crippen molar-refractivity contribution in [2.45, 2.75) is 44.5 Å². The number of halogens is 6. The van der Waals surface area contributed by atoms with Crippen LogP contribution in [0.3, 0.4) is 0 Å². The quantitative estimate of drug-likeness (QED) is 0.458. The molecule has 3 atom stereocenters. The van der Waals surface area contributed by atoms with Gasteiger partial charge < -0.3 is 4.90 Å². The van der Waals surface area contributed by atoms with E-state index in [0.29, 0.717) is 25.2 Å². The number of aryl methyl sites for hydroxylation is 1. The number of alkyl halides is 6. The zero-order chi connectivity index (χ0) is 21.6. The molecule has 9 heteroatoms. The van der Waals surface area contributed by atoms with E-state index in [2.05, 4.69) is 14.9 Å². The molecule has 30 heavy (non-hydrogen) atoms. The fourth-order valence-electron chi connectivity index (χ4n) is 4.93. The molecule has 3 nitrogen and oxygen atoms in total. The topological polar surface area (TPSA) is 29.0 Å². The van der Waals surface area contributed by atoms with Gasteiger partial charge in [-0.1, -0.05) is 18.2 Å². The average molecular weight is 431 g/mol. The molecule has 0 amide bonds. The van der Waals surface area contributed by atoms with Crippen molar-refractivity contribution in [3.63, 3.8) is 0 Å². The third-order valence-corrected chi connectivity index (χ3v) is 6.56. The van der Waals surface area contributed by atoms with Crippen LogP contribution in [0.25, 0.3) is 0 Å². The van der Waals surface area contributed by atoms with Gasteiger partial charge in [0.25, 0.3) is 0 Å². The number of hydrogen-bond acceptors (Lipinski definition) is 3. The normalized spacial score (nSPS) is 29.1. The highest BCUT2D eigenvalue weighted by molar-refractivity contribution is 5.31. The highest BCUT2D eigenvalue weighted by atomic mass is 19.4. The summed E-state index contributed by atoms with van der Waals surface area (Å²) < 4.78 is 76.5. The molecule has 164 valence electrons. The van der Waals surface area contributed by atoms with E-state index in [9.17, 15) is 26.3 Å². The summed E-state index contributed by atoms with van der Waals surface area (Å²) >= 11 is 0. The van der Waals surface area contributed by atoms with E-state index in [1.54, 1.807) is 6.08 Å². The maximum absolute atomic E-state index is 12.8. The van der Waals surface area contributed by atoms with E-state index in [-0.39, 0.29) is 17.2 Å². The zero-order valence-corrected chi connectivity index (χ0v) is 16.3. The number of allylic oxidation sites excluding steroid dienone is 4. The van der Waals surface area contributed by atoms with Crippen molar-refractivity contribution in [3.05, 3.63) is 47.6 Å². The lowest BCUT2D eigenvalue weighted by molar-refractivity contribution is -0.141. The third kappa shape index (κ3) is 4.40. The predicted molar refractivity (Wildman–Crippen MR) is 98.3 cm³/mol. The van der Waals surface area contributed by atoms with E-state index < -0.39 is 23.6 Å². The summed E-state index contributed by atoms with van der Waals surface area (Å²) in [6.45, 7) is 2.65. The van der Waals surface area contributed by atoms with Gasteiger partial charge in [0, 0.05) is 25.7 Å². The van der Waals surface area contributed by atoms with Crippen molar-refractivity contribution in [2.75, 3.05) is 19.6 Å². The lowest BCUT2D eigenvalue weighted by atomic mass is 9.82. The molecule has 1 aliphatic heterocycles. The lowest BCUT2D eigenvalue weighted by Gasteiger charge is -2.27. The Morgan fingerprint density at radius 2 is 1.90 bits per heavy atom. The first kappa shape index (κ1) is 21.3. The molecule has 1 saturated carbocycles. The second-order valence-corrected chi connectivity index (χ2v) is 8.54. The third-order valence-electron chi connectivity index (χ3n) is 6.56. The Morgan fingerprint density at radius 1 is 1.10 bits per heavy atom. The molecule has 1 aromatic rings. The van der Waals surface area contributed by atoms with Gasteiger partial charge in [-0.25, -0.2) is 9.97 Å². The van der Waals surface area contributed by atoms with Crippen LogP contribution in [-0.4, -0.2) is 40.7 Å². The summed E-state index contributed by atoms with van der Waals surface area (Å²) in [5, 5.41) is 0. The largest absolute Gasteiger partial charge is 0.433 e. The summed E-state index contributed by atoms with van der Waals surface area (Å²) in [6, 6.07) is 0.867. The number of likely N-dealkylation sites (tertiary alicyclic amines) is 1. The molecule has 1 aromatic heterocycles. The summed E-state index contributed by atoms with van der Waals surface area (Å²) in [7, 11) is 0. The van der Waals surface area contributed by atoms with Crippen molar-refractivity contribution in [1.29, 1.82) is 0 Å². The van der Waals surface area contributed by atoms with Crippen molar-refractivity contribution in [3.8, 4) is 0 Å². The van der Waals surface area contributed by atoms with Crippen molar-refractivity contribution < 1.29 is 26.3 Å². The number of aromatic nitrogens is 2. The number of rotatable bonds is 6. The smallest absolute Gasteiger partial charge is 0.302 e. The van der Waals surface area contributed by atoms with E-state index >= 15 is 0 Å². The molecular weight excluding hydrogens is 408 g/mol. The molecule has 3 aliphatic rings. The van der Waals surface area contributed by atoms with Gasteiger partial charge in [-0.3, -0.25) is 0 Å². The lowest BCUT2D eigenvalue weighted by Crippen LogP contribution is -2.29. The predicted octanol–water partition coefficient (Wildman–Crippen LogP) is 5.20. The van der Waals surface area contributed by atoms with Gasteiger partial charge in [-0.05, 0) is 55.5 Å². The van der Waals surface area contributed by atoms with Crippen molar-refractivity contribution in [1.82, 2.24) is 14.9 Å². The van der Waals surface area contributed by atoms with Crippen molar-refractivity contribution in [2.24, 2.45) is 17.3 Å². The maximum atomic E-state index is 12.8. The second kappa shape index (κ2) is 7.66. The number of hydrogen-bond donors (Lipinski definition) is 0. The molecule has 1 unspecified atom stereocenters. The van der Waals surface area contributed by atoms with Gasteiger partial charge >= 0.3 is 12.4 Å². The molecular formula is C21H23F6N3. The van der Waals surface area contributed by atoms with Crippen LogP contribution in [0.2, 0.25) is 0 Å². The Morgan fingerprint density at radius 3 is 2.57 bits per heavy atom. The summed E-state index contributed by atoms with van der Waals surface area (Å²) in [5.74, 6) is 0.877. The number of piperidine rings is 1. The minimum atomic E-state index is -4.47. The molecule has 1 saturated heterocycles. The van der Waals surface area contributed by atoms with Crippen LogP contribution in [0.15, 0.2) is 36.1 Å². The zero-order valence-electron chi connectivity index (χ0n) is 16.3. The van der Waals surface area contributed by atoms with E-state index in [1.807, 2.05) is 0 Å². The highest BCUT2D eigenvalue weighted by Gasteiger charge is 2.62. The summed E-state index contributed by atoms with van der Waals surface area (Å²) in [4.78, 5) is 9.84. The fraction of sp³-hybridized carbons (Fsp3) is 0.619. The van der Waals surface area contributed by atoms with Crippen LogP contribution in [0.5, 0.6) is 0 Å². The van der Waals surface area contributed by atoms with E-state index in [4.69, 9.17) is 0 Å². The molecule has 0 N–H and O–H groups in total. The van der Waals surface area contributed by atoms with Crippen LogP contribution in [0, 0.1) is 17.3 Å². The first-order chi connectivity index (χ1) is 14.1. The Bertz CT molecular complexity index is 844. The highest BCUT2D eigenvalue weighted by Crippen LogP contribution is 2.64. The molecule has 0 spiro atoms. The molecule has 0 aromatic carbocycles.